The van der Waals surface area contributed by atoms with Crippen molar-refractivity contribution in [2.24, 2.45) is 0 Å². The van der Waals surface area contributed by atoms with Gasteiger partial charge in [0, 0.05) is 13.1 Å². The topological polar surface area (TPSA) is 30.5 Å². The molecule has 0 aliphatic carbocycles. The molecule has 0 spiro atoms. The Bertz CT molecular complexity index is 304. The lowest BCUT2D eigenvalue weighted by molar-refractivity contribution is -0.0357. The Kier molecular flexibility index (Phi) is 4.34. The highest BCUT2D eigenvalue weighted by Crippen LogP contribution is 2.05. The number of morpholine rings is 1. The van der Waals surface area contributed by atoms with Crippen LogP contribution in [-0.2, 0) is 16.1 Å². The summed E-state index contributed by atoms with van der Waals surface area (Å²) < 4.78 is 11.2. The van der Waals surface area contributed by atoms with Crippen molar-refractivity contribution in [1.82, 2.24) is 5.32 Å². The van der Waals surface area contributed by atoms with Gasteiger partial charge in [0.25, 0.3) is 0 Å². The van der Waals surface area contributed by atoms with Gasteiger partial charge in [0.15, 0.2) is 0 Å². The zero-order valence-electron chi connectivity index (χ0n) is 9.74. The predicted molar refractivity (Wildman–Crippen MR) is 63.4 cm³/mol. The van der Waals surface area contributed by atoms with Crippen molar-refractivity contribution >= 4 is 0 Å². The molecular formula is C13H19NO2. The van der Waals surface area contributed by atoms with Gasteiger partial charge in [-0.3, -0.25) is 0 Å². The lowest BCUT2D eigenvalue weighted by Gasteiger charge is -2.23. The molecule has 88 valence electrons. The van der Waals surface area contributed by atoms with Crippen LogP contribution >= 0.6 is 0 Å². The molecule has 0 amide bonds. The monoisotopic (exact) mass is 221 g/mol. The van der Waals surface area contributed by atoms with Crippen LogP contribution in [0.25, 0.3) is 0 Å². The summed E-state index contributed by atoms with van der Waals surface area (Å²) in [4.78, 5) is 0. The molecule has 1 aromatic carbocycles. The fourth-order valence-electron chi connectivity index (χ4n) is 1.72. The van der Waals surface area contributed by atoms with E-state index in [1.54, 1.807) is 0 Å². The number of nitrogens with one attached hydrogen (secondary N) is 1. The van der Waals surface area contributed by atoms with Crippen molar-refractivity contribution in [3.63, 3.8) is 0 Å². The van der Waals surface area contributed by atoms with Gasteiger partial charge in [-0.25, -0.2) is 0 Å². The fraction of sp³-hybridized carbons (Fsp3) is 0.538. The van der Waals surface area contributed by atoms with Crippen LogP contribution in [0.5, 0.6) is 0 Å². The first-order chi connectivity index (χ1) is 7.84. The van der Waals surface area contributed by atoms with Crippen molar-refractivity contribution in [2.45, 2.75) is 19.6 Å². The second kappa shape index (κ2) is 5.99. The highest BCUT2D eigenvalue weighted by Gasteiger charge is 2.12. The van der Waals surface area contributed by atoms with Crippen LogP contribution in [0, 0.1) is 6.92 Å². The summed E-state index contributed by atoms with van der Waals surface area (Å²) in [5, 5.41) is 3.29. The minimum atomic E-state index is 0.208. The molecule has 1 aliphatic rings. The number of rotatable bonds is 4. The standard InChI is InChI=1S/C13H19NO2/c1-11-2-4-12(5-3-11)9-15-10-13-8-14-6-7-16-13/h2-5,13-14H,6-10H2,1H3. The SMILES string of the molecule is Cc1ccc(COCC2CNCCO2)cc1. The summed E-state index contributed by atoms with van der Waals surface area (Å²) in [6, 6.07) is 8.43. The second-order valence-electron chi connectivity index (χ2n) is 4.20. The molecule has 2 rings (SSSR count). The van der Waals surface area contributed by atoms with Crippen molar-refractivity contribution in [3.05, 3.63) is 35.4 Å². The summed E-state index contributed by atoms with van der Waals surface area (Å²) in [6.45, 7) is 6.06. The fourth-order valence-corrected chi connectivity index (χ4v) is 1.72. The Morgan fingerprint density at radius 3 is 2.88 bits per heavy atom. The lowest BCUT2D eigenvalue weighted by Crippen LogP contribution is -2.40. The van der Waals surface area contributed by atoms with Crippen molar-refractivity contribution in [1.29, 1.82) is 0 Å². The van der Waals surface area contributed by atoms with E-state index in [4.69, 9.17) is 9.47 Å². The molecule has 0 aromatic heterocycles. The first-order valence-corrected chi connectivity index (χ1v) is 5.80. The Morgan fingerprint density at radius 2 is 2.19 bits per heavy atom. The van der Waals surface area contributed by atoms with Crippen LogP contribution in [-0.4, -0.2) is 32.4 Å². The first kappa shape index (κ1) is 11.6. The quantitative estimate of drug-likeness (QED) is 0.835. The summed E-state index contributed by atoms with van der Waals surface area (Å²) >= 11 is 0. The average molecular weight is 221 g/mol. The maximum Gasteiger partial charge on any atom is 0.0933 e. The minimum absolute atomic E-state index is 0.208. The molecule has 3 heteroatoms. The van der Waals surface area contributed by atoms with Crippen LogP contribution in [0.15, 0.2) is 24.3 Å². The zero-order valence-corrected chi connectivity index (χ0v) is 9.74. The molecule has 0 radical (unpaired) electrons. The lowest BCUT2D eigenvalue weighted by atomic mass is 10.2. The molecule has 1 atom stereocenters. The van der Waals surface area contributed by atoms with Gasteiger partial charge in [-0.1, -0.05) is 29.8 Å². The molecule has 1 N–H and O–H groups in total. The second-order valence-corrected chi connectivity index (χ2v) is 4.20. The van der Waals surface area contributed by atoms with Crippen LogP contribution < -0.4 is 5.32 Å². The van der Waals surface area contributed by atoms with Crippen LogP contribution in [0.3, 0.4) is 0 Å². The number of ether oxygens (including phenoxy) is 2. The van der Waals surface area contributed by atoms with Gasteiger partial charge in [0.05, 0.1) is 25.9 Å². The Hall–Kier alpha value is -0.900. The van der Waals surface area contributed by atoms with Crippen LogP contribution in [0.1, 0.15) is 11.1 Å². The van der Waals surface area contributed by atoms with Gasteiger partial charge in [0.2, 0.25) is 0 Å². The van der Waals surface area contributed by atoms with E-state index in [-0.39, 0.29) is 6.10 Å². The largest absolute Gasteiger partial charge is 0.374 e. The molecule has 16 heavy (non-hydrogen) atoms. The van der Waals surface area contributed by atoms with Crippen LogP contribution in [0.2, 0.25) is 0 Å². The third kappa shape index (κ3) is 3.59. The van der Waals surface area contributed by atoms with E-state index in [1.165, 1.54) is 11.1 Å². The van der Waals surface area contributed by atoms with E-state index in [0.29, 0.717) is 13.2 Å². The van der Waals surface area contributed by atoms with Crippen molar-refractivity contribution in [2.75, 3.05) is 26.3 Å². The summed E-state index contributed by atoms with van der Waals surface area (Å²) in [5.74, 6) is 0. The Morgan fingerprint density at radius 1 is 1.38 bits per heavy atom. The molecule has 1 fully saturated rings. The Labute approximate surface area is 96.8 Å². The molecule has 1 saturated heterocycles. The van der Waals surface area contributed by atoms with E-state index in [1.807, 2.05) is 0 Å². The number of hydrogen-bond donors (Lipinski definition) is 1. The highest BCUT2D eigenvalue weighted by molar-refractivity contribution is 5.20. The third-order valence-corrected chi connectivity index (χ3v) is 2.70. The highest BCUT2D eigenvalue weighted by atomic mass is 16.5. The van der Waals surface area contributed by atoms with Gasteiger partial charge >= 0.3 is 0 Å². The van der Waals surface area contributed by atoms with E-state index in [0.717, 1.165) is 19.7 Å². The molecule has 0 saturated carbocycles. The molecular weight excluding hydrogens is 202 g/mol. The van der Waals surface area contributed by atoms with Gasteiger partial charge < -0.3 is 14.8 Å². The smallest absolute Gasteiger partial charge is 0.0933 e. The average Bonchev–Trinajstić information content (AvgIpc) is 2.33. The predicted octanol–water partition coefficient (Wildman–Crippen LogP) is 1.50. The minimum Gasteiger partial charge on any atom is -0.374 e. The third-order valence-electron chi connectivity index (χ3n) is 2.70. The van der Waals surface area contributed by atoms with Gasteiger partial charge in [-0.05, 0) is 12.5 Å². The molecule has 1 heterocycles. The Balaban J connectivity index is 1.69. The summed E-state index contributed by atoms with van der Waals surface area (Å²) in [6.07, 6.45) is 0.208. The van der Waals surface area contributed by atoms with E-state index in [9.17, 15) is 0 Å². The van der Waals surface area contributed by atoms with Crippen molar-refractivity contribution in [3.8, 4) is 0 Å². The van der Waals surface area contributed by atoms with Gasteiger partial charge in [-0.15, -0.1) is 0 Å². The van der Waals surface area contributed by atoms with E-state index >= 15 is 0 Å². The molecule has 1 unspecified atom stereocenters. The normalized spacial score (nSPS) is 20.9. The maximum absolute atomic E-state index is 5.63. The number of aryl methyl sites for hydroxylation is 1. The maximum atomic E-state index is 5.63. The summed E-state index contributed by atoms with van der Waals surface area (Å²) in [5.41, 5.74) is 2.50. The molecule has 1 aromatic rings. The van der Waals surface area contributed by atoms with Crippen LogP contribution in [0.4, 0.5) is 0 Å². The van der Waals surface area contributed by atoms with Gasteiger partial charge in [0.1, 0.15) is 0 Å². The van der Waals surface area contributed by atoms with Gasteiger partial charge in [-0.2, -0.15) is 0 Å². The molecule has 0 bridgehead atoms. The van der Waals surface area contributed by atoms with E-state index in [2.05, 4.69) is 36.5 Å². The molecule has 1 aliphatic heterocycles. The number of hydrogen-bond acceptors (Lipinski definition) is 3. The first-order valence-electron chi connectivity index (χ1n) is 5.80. The zero-order chi connectivity index (χ0) is 11.2. The molecule has 3 nitrogen and oxygen atoms in total. The number of benzene rings is 1. The summed E-state index contributed by atoms with van der Waals surface area (Å²) in [7, 11) is 0. The van der Waals surface area contributed by atoms with Crippen molar-refractivity contribution < 1.29 is 9.47 Å². The van der Waals surface area contributed by atoms with E-state index < -0.39 is 0 Å².